The third kappa shape index (κ3) is 10.4. The summed E-state index contributed by atoms with van der Waals surface area (Å²) in [4.78, 5) is 11.7. The van der Waals surface area contributed by atoms with E-state index in [9.17, 15) is 15.0 Å². The fraction of sp³-hybridized carbons (Fsp3) is 0.424. The van der Waals surface area contributed by atoms with E-state index in [4.69, 9.17) is 4.42 Å². The molecular weight excluding hydrogens is 460 g/mol. The molecule has 2 N–H and O–H groups in total. The van der Waals surface area contributed by atoms with Crippen LogP contribution in [-0.4, -0.2) is 16.3 Å². The van der Waals surface area contributed by atoms with Crippen LogP contribution in [0.1, 0.15) is 75.3 Å². The molecule has 0 fully saturated rings. The lowest BCUT2D eigenvalue weighted by Gasteiger charge is -2.22. The molecule has 2 aromatic rings. The number of allylic oxidation sites excluding steroid dienone is 6. The first-order valence-electron chi connectivity index (χ1n) is 13.4. The summed E-state index contributed by atoms with van der Waals surface area (Å²) in [5.74, 6) is 0.780. The number of unbranched alkanes of at least 4 members (excludes halogenated alkanes) is 3. The minimum atomic E-state index is -0.495. The maximum atomic E-state index is 11.7. The van der Waals surface area contributed by atoms with Gasteiger partial charge in [0.2, 0.25) is 0 Å². The van der Waals surface area contributed by atoms with Gasteiger partial charge in [-0.15, -0.1) is 0 Å². The van der Waals surface area contributed by atoms with E-state index in [1.54, 1.807) is 19.9 Å². The summed E-state index contributed by atoms with van der Waals surface area (Å²) in [5.41, 5.74) is 2.84. The van der Waals surface area contributed by atoms with Crippen molar-refractivity contribution >= 4 is 6.08 Å². The van der Waals surface area contributed by atoms with Crippen LogP contribution in [0.3, 0.4) is 0 Å². The molecule has 0 amide bonds. The first kappa shape index (κ1) is 30.1. The molecule has 0 saturated heterocycles. The molecule has 2 rings (SSSR count). The summed E-state index contributed by atoms with van der Waals surface area (Å²) >= 11 is 0. The maximum Gasteiger partial charge on any atom is 0.342 e. The number of benzene rings is 1. The van der Waals surface area contributed by atoms with Crippen molar-refractivity contribution in [2.45, 2.75) is 79.2 Å². The van der Waals surface area contributed by atoms with E-state index in [-0.39, 0.29) is 29.3 Å². The van der Waals surface area contributed by atoms with Crippen LogP contribution in [0, 0.1) is 25.7 Å². The van der Waals surface area contributed by atoms with Crippen LogP contribution < -0.4 is 5.63 Å². The van der Waals surface area contributed by atoms with Gasteiger partial charge in [-0.05, 0) is 76.9 Å². The molecule has 4 nitrogen and oxygen atoms in total. The lowest BCUT2D eigenvalue weighted by molar-refractivity contribution is 0.0791. The summed E-state index contributed by atoms with van der Waals surface area (Å²) in [7, 11) is 0. The predicted molar refractivity (Wildman–Crippen MR) is 155 cm³/mol. The van der Waals surface area contributed by atoms with Gasteiger partial charge in [0.15, 0.2) is 0 Å². The van der Waals surface area contributed by atoms with Gasteiger partial charge in [0.25, 0.3) is 0 Å². The van der Waals surface area contributed by atoms with Crippen LogP contribution in [0.5, 0.6) is 5.75 Å². The molecule has 0 aliphatic carbocycles. The molecule has 37 heavy (non-hydrogen) atoms. The Kier molecular flexibility index (Phi) is 12.9. The monoisotopic (exact) mass is 504 g/mol. The minimum absolute atomic E-state index is 0.0123. The van der Waals surface area contributed by atoms with E-state index in [1.807, 2.05) is 18.2 Å². The Morgan fingerprint density at radius 3 is 2.41 bits per heavy atom. The molecule has 200 valence electrons. The smallest absolute Gasteiger partial charge is 0.342 e. The number of hydrogen-bond acceptors (Lipinski definition) is 4. The van der Waals surface area contributed by atoms with Crippen molar-refractivity contribution in [3.63, 3.8) is 0 Å². The Bertz CT molecular complexity index is 1130. The van der Waals surface area contributed by atoms with Crippen LogP contribution in [0.2, 0.25) is 0 Å². The average Bonchev–Trinajstić information content (AvgIpc) is 2.90. The highest BCUT2D eigenvalue weighted by Crippen LogP contribution is 2.23. The van der Waals surface area contributed by atoms with E-state index >= 15 is 0 Å². The Labute approximate surface area is 222 Å². The maximum absolute atomic E-state index is 11.7. The second-order valence-electron chi connectivity index (χ2n) is 10.1. The van der Waals surface area contributed by atoms with Gasteiger partial charge in [-0.1, -0.05) is 86.2 Å². The lowest BCUT2D eigenvalue weighted by atomic mass is 9.88. The molecule has 0 aliphatic rings. The second kappa shape index (κ2) is 15.9. The van der Waals surface area contributed by atoms with Crippen molar-refractivity contribution < 1.29 is 14.6 Å². The van der Waals surface area contributed by atoms with Crippen molar-refractivity contribution in [3.8, 4) is 5.75 Å². The summed E-state index contributed by atoms with van der Waals surface area (Å²) in [5, 5.41) is 20.7. The number of hydrogen-bond donors (Lipinski definition) is 2. The Hall–Kier alpha value is -3.11. The molecule has 0 spiro atoms. The highest BCUT2D eigenvalue weighted by Gasteiger charge is 2.19. The minimum Gasteiger partial charge on any atom is -0.507 e. The fourth-order valence-electron chi connectivity index (χ4n) is 4.17. The van der Waals surface area contributed by atoms with E-state index < -0.39 is 5.63 Å². The van der Waals surface area contributed by atoms with Gasteiger partial charge in [0.1, 0.15) is 11.5 Å². The standard InChI is InChI=1S/C33H44O4/c1-24(17-15-18-25(2)31(34)26(3)22-23-29-19-12-10-13-20-29)16-11-8-6-7-9-14-21-30-27(4)32(35)28(5)33(36)37-30/h10-21,25-26,31,34-35H,6-9,22-23H2,1-5H3/b16-11+,18-15+,21-14?,24-17+. The van der Waals surface area contributed by atoms with Gasteiger partial charge in [-0.2, -0.15) is 0 Å². The van der Waals surface area contributed by atoms with Crippen LogP contribution in [0.25, 0.3) is 6.08 Å². The van der Waals surface area contributed by atoms with Crippen molar-refractivity contribution in [3.05, 3.63) is 105 Å². The van der Waals surface area contributed by atoms with Gasteiger partial charge in [-0.3, -0.25) is 0 Å². The number of aliphatic hydroxyl groups is 1. The van der Waals surface area contributed by atoms with Crippen molar-refractivity contribution in [1.29, 1.82) is 0 Å². The zero-order chi connectivity index (χ0) is 27.2. The third-order valence-corrected chi connectivity index (χ3v) is 6.86. The van der Waals surface area contributed by atoms with Crippen LogP contribution >= 0.6 is 0 Å². The van der Waals surface area contributed by atoms with Crippen LogP contribution in [0.4, 0.5) is 0 Å². The second-order valence-corrected chi connectivity index (χ2v) is 10.1. The molecule has 3 atom stereocenters. The average molecular weight is 505 g/mol. The van der Waals surface area contributed by atoms with Crippen LogP contribution in [-0.2, 0) is 6.42 Å². The zero-order valence-electron chi connectivity index (χ0n) is 23.1. The molecule has 3 unspecified atom stereocenters. The molecule has 0 bridgehead atoms. The first-order valence-corrected chi connectivity index (χ1v) is 13.4. The number of aryl methyl sites for hydroxylation is 1. The largest absolute Gasteiger partial charge is 0.507 e. The van der Waals surface area contributed by atoms with Crippen molar-refractivity contribution in [2.75, 3.05) is 0 Å². The van der Waals surface area contributed by atoms with Gasteiger partial charge < -0.3 is 14.6 Å². The Balaban J connectivity index is 1.67. The normalized spacial score (nSPS) is 15.1. The van der Waals surface area contributed by atoms with E-state index in [1.165, 1.54) is 11.1 Å². The van der Waals surface area contributed by atoms with Gasteiger partial charge in [-0.25, -0.2) is 4.79 Å². The van der Waals surface area contributed by atoms with Crippen molar-refractivity contribution in [2.24, 2.45) is 11.8 Å². The molecular formula is C33H44O4. The highest BCUT2D eigenvalue weighted by atomic mass is 16.4. The van der Waals surface area contributed by atoms with Gasteiger partial charge >= 0.3 is 5.63 Å². The molecule has 4 heteroatoms. The summed E-state index contributed by atoms with van der Waals surface area (Å²) in [6.45, 7) is 9.59. The molecule has 1 aromatic carbocycles. The quantitative estimate of drug-likeness (QED) is 0.203. The topological polar surface area (TPSA) is 70.7 Å². The zero-order valence-corrected chi connectivity index (χ0v) is 23.1. The Morgan fingerprint density at radius 1 is 1.03 bits per heavy atom. The van der Waals surface area contributed by atoms with Crippen LogP contribution in [0.15, 0.2) is 81.6 Å². The number of rotatable bonds is 14. The summed E-state index contributed by atoms with van der Waals surface area (Å²) < 4.78 is 5.25. The van der Waals surface area contributed by atoms with E-state index in [0.717, 1.165) is 38.5 Å². The van der Waals surface area contributed by atoms with E-state index in [2.05, 4.69) is 69.3 Å². The van der Waals surface area contributed by atoms with E-state index in [0.29, 0.717) is 11.3 Å². The molecule has 0 radical (unpaired) electrons. The Morgan fingerprint density at radius 2 is 1.70 bits per heavy atom. The fourth-order valence-corrected chi connectivity index (χ4v) is 4.17. The third-order valence-electron chi connectivity index (χ3n) is 6.86. The molecule has 0 aliphatic heterocycles. The SMILES string of the molecule is CC(/C=C/CCCCC=Cc1oc(=O)c(C)c(O)c1C)=C\C=C\C(C)C(O)C(C)CCc1ccccc1. The lowest BCUT2D eigenvalue weighted by Crippen LogP contribution is -2.24. The highest BCUT2D eigenvalue weighted by molar-refractivity contribution is 5.52. The molecule has 1 heterocycles. The van der Waals surface area contributed by atoms with Crippen molar-refractivity contribution in [1.82, 2.24) is 0 Å². The summed E-state index contributed by atoms with van der Waals surface area (Å²) in [6, 6.07) is 10.4. The molecule has 1 aromatic heterocycles. The predicted octanol–water partition coefficient (Wildman–Crippen LogP) is 7.86. The summed E-state index contributed by atoms with van der Waals surface area (Å²) in [6.07, 6.45) is 19.9. The number of aromatic hydroxyl groups is 1. The first-order chi connectivity index (χ1) is 17.7. The van der Waals surface area contributed by atoms with Gasteiger partial charge in [0.05, 0.1) is 11.7 Å². The number of aliphatic hydroxyl groups excluding tert-OH is 1. The molecule has 0 saturated carbocycles. The van der Waals surface area contributed by atoms with Gasteiger partial charge in [0, 0.05) is 11.5 Å².